The van der Waals surface area contributed by atoms with Crippen LogP contribution >= 0.6 is 35.6 Å². The molecule has 1 atom stereocenters. The Balaban J connectivity index is 2.37. The van der Waals surface area contributed by atoms with Gasteiger partial charge in [0.05, 0.1) is 5.02 Å². The van der Waals surface area contributed by atoms with Crippen LogP contribution in [0.15, 0.2) is 18.3 Å². The van der Waals surface area contributed by atoms with E-state index in [1.807, 2.05) is 0 Å². The minimum Gasteiger partial charge on any atom is -0.370 e. The highest BCUT2D eigenvalue weighted by Gasteiger charge is 2.39. The second-order valence-electron chi connectivity index (χ2n) is 3.44. The van der Waals surface area contributed by atoms with E-state index in [1.165, 1.54) is 11.8 Å². The van der Waals surface area contributed by atoms with Crippen LogP contribution in [0.2, 0.25) is 5.02 Å². The Morgan fingerprint density at radius 3 is 2.87 bits per heavy atom. The molecule has 0 radical (unpaired) electrons. The third-order valence-corrected chi connectivity index (χ3v) is 3.95. The van der Waals surface area contributed by atoms with Crippen LogP contribution in [0.4, 0.5) is 5.82 Å². The van der Waals surface area contributed by atoms with E-state index in [0.29, 0.717) is 20.9 Å². The molecule has 0 aromatic carbocycles. The Morgan fingerprint density at radius 1 is 1.67 bits per heavy atom. The van der Waals surface area contributed by atoms with Gasteiger partial charge < -0.3 is 5.11 Å². The van der Waals surface area contributed by atoms with Crippen molar-refractivity contribution in [3.05, 3.63) is 23.4 Å². The summed E-state index contributed by atoms with van der Waals surface area (Å²) >= 11 is 12.4. The van der Waals surface area contributed by atoms with Gasteiger partial charge in [-0.05, 0) is 19.1 Å². The monoisotopic (exact) mass is 260 g/mol. The van der Waals surface area contributed by atoms with Gasteiger partial charge >= 0.3 is 0 Å². The number of hydrogen-bond donors (Lipinski definition) is 1. The van der Waals surface area contributed by atoms with Crippen LogP contribution in [-0.2, 0) is 0 Å². The zero-order valence-electron chi connectivity index (χ0n) is 7.98. The summed E-state index contributed by atoms with van der Waals surface area (Å²) in [4.78, 5) is 5.78. The van der Waals surface area contributed by atoms with Crippen molar-refractivity contribution in [1.29, 1.82) is 0 Å². The largest absolute Gasteiger partial charge is 0.370 e. The summed E-state index contributed by atoms with van der Waals surface area (Å²) in [7, 11) is 0. The number of anilines is 1. The maximum absolute atomic E-state index is 10.1. The standard InChI is InChI=1S/C9H9ClN2OS2/c1-9(13)5-15-8(14)12(9)7-3-2-6(10)4-11-7/h2-4,13H,5H2,1H3. The van der Waals surface area contributed by atoms with Crippen LogP contribution in [-0.4, -0.2) is 25.9 Å². The predicted molar refractivity (Wildman–Crippen MR) is 67.4 cm³/mol. The first-order chi connectivity index (χ1) is 7.00. The summed E-state index contributed by atoms with van der Waals surface area (Å²) in [6.07, 6.45) is 1.54. The molecule has 1 aromatic heterocycles. The molecule has 1 saturated heterocycles. The molecule has 1 aliphatic rings. The maximum atomic E-state index is 10.1. The van der Waals surface area contributed by atoms with Gasteiger partial charge in [0.15, 0.2) is 5.72 Å². The Bertz CT molecular complexity index is 394. The van der Waals surface area contributed by atoms with E-state index in [9.17, 15) is 5.11 Å². The van der Waals surface area contributed by atoms with Gasteiger partial charge in [-0.15, -0.1) is 0 Å². The highest BCUT2D eigenvalue weighted by molar-refractivity contribution is 8.23. The van der Waals surface area contributed by atoms with Crippen LogP contribution in [0.5, 0.6) is 0 Å². The van der Waals surface area contributed by atoms with E-state index in [4.69, 9.17) is 23.8 Å². The SMILES string of the molecule is CC1(O)CSC(=S)N1c1ccc(Cl)cn1. The van der Waals surface area contributed by atoms with Crippen LogP contribution < -0.4 is 4.90 Å². The second-order valence-corrected chi connectivity index (χ2v) is 5.49. The molecule has 1 N–H and O–H groups in total. The fourth-order valence-electron chi connectivity index (χ4n) is 1.36. The van der Waals surface area contributed by atoms with Crippen molar-refractivity contribution in [2.75, 3.05) is 10.7 Å². The molecule has 2 heterocycles. The fourth-order valence-corrected chi connectivity index (χ4v) is 2.89. The van der Waals surface area contributed by atoms with Crippen LogP contribution in [0.3, 0.4) is 0 Å². The lowest BCUT2D eigenvalue weighted by Gasteiger charge is -2.29. The molecule has 0 spiro atoms. The quantitative estimate of drug-likeness (QED) is 0.784. The molecular formula is C9H9ClN2OS2. The zero-order chi connectivity index (χ0) is 11.1. The molecular weight excluding hydrogens is 252 g/mol. The van der Waals surface area contributed by atoms with Crippen molar-refractivity contribution in [1.82, 2.24) is 4.98 Å². The molecule has 0 bridgehead atoms. The maximum Gasteiger partial charge on any atom is 0.151 e. The van der Waals surface area contributed by atoms with E-state index in [2.05, 4.69) is 4.98 Å². The van der Waals surface area contributed by atoms with E-state index in [1.54, 1.807) is 30.2 Å². The van der Waals surface area contributed by atoms with Crippen LogP contribution in [0.25, 0.3) is 0 Å². The molecule has 2 rings (SSSR count). The predicted octanol–water partition coefficient (Wildman–Crippen LogP) is 2.28. The summed E-state index contributed by atoms with van der Waals surface area (Å²) in [6.45, 7) is 1.72. The number of aliphatic hydroxyl groups is 1. The van der Waals surface area contributed by atoms with Crippen LogP contribution in [0.1, 0.15) is 6.92 Å². The summed E-state index contributed by atoms with van der Waals surface area (Å²) in [5, 5.41) is 10.7. The molecule has 0 saturated carbocycles. The highest BCUT2D eigenvalue weighted by atomic mass is 35.5. The number of nitrogens with zero attached hydrogens (tertiary/aromatic N) is 2. The smallest absolute Gasteiger partial charge is 0.151 e. The minimum atomic E-state index is -0.970. The van der Waals surface area contributed by atoms with Gasteiger partial charge in [-0.1, -0.05) is 35.6 Å². The minimum absolute atomic E-state index is 0.552. The van der Waals surface area contributed by atoms with Crippen molar-refractivity contribution in [2.24, 2.45) is 0 Å². The van der Waals surface area contributed by atoms with Crippen molar-refractivity contribution < 1.29 is 5.11 Å². The number of rotatable bonds is 1. The van der Waals surface area contributed by atoms with E-state index >= 15 is 0 Å². The van der Waals surface area contributed by atoms with Gasteiger partial charge in [0.1, 0.15) is 10.1 Å². The Morgan fingerprint density at radius 2 is 2.40 bits per heavy atom. The number of thioether (sulfide) groups is 1. The lowest BCUT2D eigenvalue weighted by atomic mass is 10.2. The third-order valence-electron chi connectivity index (χ3n) is 2.07. The Labute approximate surface area is 102 Å². The molecule has 15 heavy (non-hydrogen) atoms. The summed E-state index contributed by atoms with van der Waals surface area (Å²) < 4.78 is 0.634. The van der Waals surface area contributed by atoms with Crippen molar-refractivity contribution in [3.63, 3.8) is 0 Å². The fraction of sp³-hybridized carbons (Fsp3) is 0.333. The Hall–Kier alpha value is -0.360. The van der Waals surface area contributed by atoms with Gasteiger partial charge in [-0.25, -0.2) is 4.98 Å². The van der Waals surface area contributed by atoms with Gasteiger partial charge in [0.2, 0.25) is 0 Å². The van der Waals surface area contributed by atoms with E-state index < -0.39 is 5.72 Å². The highest BCUT2D eigenvalue weighted by Crippen LogP contribution is 2.34. The Kier molecular flexibility index (Phi) is 2.89. The molecule has 0 aliphatic carbocycles. The van der Waals surface area contributed by atoms with Crippen LogP contribution in [0, 0.1) is 0 Å². The number of thiocarbonyl (C=S) groups is 1. The van der Waals surface area contributed by atoms with Gasteiger partial charge in [-0.2, -0.15) is 0 Å². The van der Waals surface area contributed by atoms with Crippen molar-refractivity contribution in [3.8, 4) is 0 Å². The third kappa shape index (κ3) is 2.10. The summed E-state index contributed by atoms with van der Waals surface area (Å²) in [5.74, 6) is 1.18. The van der Waals surface area contributed by atoms with Gasteiger partial charge in [0.25, 0.3) is 0 Å². The topological polar surface area (TPSA) is 36.4 Å². The lowest BCUT2D eigenvalue weighted by Crippen LogP contribution is -2.45. The molecule has 80 valence electrons. The first-order valence-electron chi connectivity index (χ1n) is 4.32. The number of pyridine rings is 1. The normalized spacial score (nSPS) is 26.1. The van der Waals surface area contributed by atoms with Gasteiger partial charge in [-0.3, -0.25) is 4.90 Å². The number of halogens is 1. The summed E-state index contributed by atoms with van der Waals surface area (Å²) in [5.41, 5.74) is -0.970. The number of aromatic nitrogens is 1. The lowest BCUT2D eigenvalue weighted by molar-refractivity contribution is 0.0994. The zero-order valence-corrected chi connectivity index (χ0v) is 10.4. The van der Waals surface area contributed by atoms with Crippen molar-refractivity contribution in [2.45, 2.75) is 12.6 Å². The number of hydrogen-bond acceptors (Lipinski definition) is 4. The average Bonchev–Trinajstić information content (AvgIpc) is 2.43. The second kappa shape index (κ2) is 3.90. The molecule has 1 fully saturated rings. The van der Waals surface area contributed by atoms with Crippen molar-refractivity contribution >= 4 is 45.7 Å². The molecule has 3 nitrogen and oxygen atoms in total. The van der Waals surface area contributed by atoms with E-state index in [0.717, 1.165) is 0 Å². The molecule has 6 heteroatoms. The molecule has 1 aromatic rings. The first-order valence-corrected chi connectivity index (χ1v) is 6.09. The molecule has 1 aliphatic heterocycles. The van der Waals surface area contributed by atoms with E-state index in [-0.39, 0.29) is 0 Å². The molecule has 1 unspecified atom stereocenters. The van der Waals surface area contributed by atoms with Gasteiger partial charge in [0, 0.05) is 11.9 Å². The molecule has 0 amide bonds. The first kappa shape index (κ1) is 11.1. The summed E-state index contributed by atoms with van der Waals surface area (Å²) in [6, 6.07) is 3.47. The average molecular weight is 261 g/mol.